The number of hydrogen-bond acceptors (Lipinski definition) is 1. The molecule has 0 saturated heterocycles. The molecular weight excluding hydrogens is 290 g/mol. The zero-order valence-electron chi connectivity index (χ0n) is 13.8. The highest BCUT2D eigenvalue weighted by atomic mass is 35.5. The highest BCUT2D eigenvalue weighted by Crippen LogP contribution is 2.48. The van der Waals surface area contributed by atoms with Gasteiger partial charge in [0.1, 0.15) is 0 Å². The number of alkyl halides is 1. The molecule has 0 spiro atoms. The number of nitrogens with one attached hydrogen (secondary N) is 1. The molecule has 2 heteroatoms. The molecule has 3 rings (SSSR count). The number of hydrogen-bond donors (Lipinski definition) is 1. The van der Waals surface area contributed by atoms with Crippen molar-refractivity contribution in [3.05, 3.63) is 69.4 Å². The standard InChI is InChI=1S/C20H22ClN/c1-11-12(2)14(4)20-17(13(11)3)19(21)18(15(5)22-20)16-9-7-6-8-10-16/h6-10,19,22H,1-5H3. The zero-order chi connectivity index (χ0) is 16.0. The lowest BCUT2D eigenvalue weighted by Crippen LogP contribution is -2.17. The molecule has 0 fully saturated rings. The van der Waals surface area contributed by atoms with Crippen LogP contribution >= 0.6 is 11.6 Å². The van der Waals surface area contributed by atoms with Crippen LogP contribution in [0.3, 0.4) is 0 Å². The van der Waals surface area contributed by atoms with Gasteiger partial charge < -0.3 is 5.32 Å². The summed E-state index contributed by atoms with van der Waals surface area (Å²) in [5.74, 6) is 0. The van der Waals surface area contributed by atoms with Gasteiger partial charge in [-0.1, -0.05) is 30.3 Å². The zero-order valence-corrected chi connectivity index (χ0v) is 14.6. The Balaban J connectivity index is 2.24. The first kappa shape index (κ1) is 15.2. The Morgan fingerprint density at radius 1 is 0.818 bits per heavy atom. The van der Waals surface area contributed by atoms with Crippen molar-refractivity contribution in [3.63, 3.8) is 0 Å². The van der Waals surface area contributed by atoms with Crippen LogP contribution in [0.2, 0.25) is 0 Å². The van der Waals surface area contributed by atoms with Gasteiger partial charge in [-0.15, -0.1) is 11.6 Å². The average molecular weight is 312 g/mol. The Bertz CT molecular complexity index is 772. The van der Waals surface area contributed by atoms with E-state index < -0.39 is 0 Å². The first-order valence-electron chi connectivity index (χ1n) is 7.71. The highest BCUT2D eigenvalue weighted by Gasteiger charge is 2.29. The molecule has 0 aromatic heterocycles. The van der Waals surface area contributed by atoms with Crippen molar-refractivity contribution in [1.82, 2.24) is 0 Å². The fourth-order valence-electron chi connectivity index (χ4n) is 3.39. The van der Waals surface area contributed by atoms with Gasteiger partial charge in [0.2, 0.25) is 0 Å². The Hall–Kier alpha value is -1.73. The summed E-state index contributed by atoms with van der Waals surface area (Å²) in [6.07, 6.45) is 0. The van der Waals surface area contributed by atoms with Crippen LogP contribution in [0.15, 0.2) is 36.0 Å². The molecule has 1 aliphatic rings. The molecule has 0 radical (unpaired) electrons. The summed E-state index contributed by atoms with van der Waals surface area (Å²) >= 11 is 6.95. The van der Waals surface area contributed by atoms with E-state index in [1.54, 1.807) is 0 Å². The van der Waals surface area contributed by atoms with E-state index >= 15 is 0 Å². The van der Waals surface area contributed by atoms with Crippen LogP contribution in [-0.4, -0.2) is 0 Å². The van der Waals surface area contributed by atoms with Crippen LogP contribution in [-0.2, 0) is 0 Å². The number of benzene rings is 2. The van der Waals surface area contributed by atoms with Crippen LogP contribution in [0.1, 0.15) is 45.7 Å². The molecule has 22 heavy (non-hydrogen) atoms. The minimum atomic E-state index is -0.114. The lowest BCUT2D eigenvalue weighted by molar-refractivity contribution is 1.07. The minimum absolute atomic E-state index is 0.114. The van der Waals surface area contributed by atoms with Gasteiger partial charge in [0, 0.05) is 22.5 Å². The number of halogens is 1. The summed E-state index contributed by atoms with van der Waals surface area (Å²) in [7, 11) is 0. The first-order chi connectivity index (χ1) is 10.4. The summed E-state index contributed by atoms with van der Waals surface area (Å²) in [5.41, 5.74) is 11.2. The van der Waals surface area contributed by atoms with Gasteiger partial charge in [0.25, 0.3) is 0 Å². The molecule has 1 N–H and O–H groups in total. The van der Waals surface area contributed by atoms with Crippen LogP contribution < -0.4 is 5.32 Å². The van der Waals surface area contributed by atoms with Crippen molar-refractivity contribution in [1.29, 1.82) is 0 Å². The van der Waals surface area contributed by atoms with Crippen molar-refractivity contribution < 1.29 is 0 Å². The van der Waals surface area contributed by atoms with Gasteiger partial charge in [-0.2, -0.15) is 0 Å². The Morgan fingerprint density at radius 3 is 2.05 bits per heavy atom. The van der Waals surface area contributed by atoms with E-state index in [0.29, 0.717) is 0 Å². The van der Waals surface area contributed by atoms with Gasteiger partial charge in [-0.3, -0.25) is 0 Å². The SMILES string of the molecule is CC1=C(c2ccccc2)C(Cl)c2c(C)c(C)c(C)c(C)c2N1. The molecule has 0 saturated carbocycles. The van der Waals surface area contributed by atoms with Crippen LogP contribution in [0, 0.1) is 27.7 Å². The predicted molar refractivity (Wildman–Crippen MR) is 96.6 cm³/mol. The summed E-state index contributed by atoms with van der Waals surface area (Å²) in [4.78, 5) is 0. The molecule has 1 unspecified atom stereocenters. The van der Waals surface area contributed by atoms with Crippen LogP contribution in [0.5, 0.6) is 0 Å². The summed E-state index contributed by atoms with van der Waals surface area (Å²) < 4.78 is 0. The van der Waals surface area contributed by atoms with Gasteiger partial charge in [0.15, 0.2) is 0 Å². The maximum absolute atomic E-state index is 6.95. The number of allylic oxidation sites excluding steroid dienone is 2. The molecule has 0 amide bonds. The van der Waals surface area contributed by atoms with E-state index in [2.05, 4.69) is 64.2 Å². The maximum atomic E-state index is 6.95. The van der Waals surface area contributed by atoms with E-state index in [9.17, 15) is 0 Å². The lowest BCUT2D eigenvalue weighted by atomic mass is 9.84. The third-order valence-corrected chi connectivity index (χ3v) is 5.48. The molecular formula is C20H22ClN. The molecule has 114 valence electrons. The normalized spacial score (nSPS) is 17.3. The smallest absolute Gasteiger partial charge is 0.0880 e. The molecule has 1 heterocycles. The number of fused-ring (bicyclic) bond motifs is 1. The summed E-state index contributed by atoms with van der Waals surface area (Å²) in [5, 5.41) is 3.50. The van der Waals surface area contributed by atoms with Crippen molar-refractivity contribution in [2.45, 2.75) is 40.0 Å². The van der Waals surface area contributed by atoms with E-state index in [0.717, 1.165) is 5.70 Å². The molecule has 0 aliphatic carbocycles. The molecule has 1 aliphatic heterocycles. The fourth-order valence-corrected chi connectivity index (χ4v) is 3.95. The van der Waals surface area contributed by atoms with E-state index in [-0.39, 0.29) is 5.38 Å². The Labute approximate surface area is 138 Å². The average Bonchev–Trinajstić information content (AvgIpc) is 2.51. The van der Waals surface area contributed by atoms with Gasteiger partial charge >= 0.3 is 0 Å². The van der Waals surface area contributed by atoms with Gasteiger partial charge in [0.05, 0.1) is 5.38 Å². The molecule has 0 bridgehead atoms. The Morgan fingerprint density at radius 2 is 1.41 bits per heavy atom. The second-order valence-electron chi connectivity index (χ2n) is 6.18. The first-order valence-corrected chi connectivity index (χ1v) is 8.14. The second kappa shape index (κ2) is 5.48. The summed E-state index contributed by atoms with van der Waals surface area (Å²) in [6.45, 7) is 10.9. The van der Waals surface area contributed by atoms with Crippen LogP contribution in [0.25, 0.3) is 5.57 Å². The monoisotopic (exact) mass is 311 g/mol. The second-order valence-corrected chi connectivity index (χ2v) is 6.62. The van der Waals surface area contributed by atoms with E-state index in [1.807, 2.05) is 6.07 Å². The molecule has 2 aromatic rings. The van der Waals surface area contributed by atoms with Crippen molar-refractivity contribution in [2.24, 2.45) is 0 Å². The summed E-state index contributed by atoms with van der Waals surface area (Å²) in [6, 6.07) is 10.4. The van der Waals surface area contributed by atoms with E-state index in [1.165, 1.54) is 44.6 Å². The highest BCUT2D eigenvalue weighted by molar-refractivity contribution is 6.28. The quantitative estimate of drug-likeness (QED) is 0.631. The Kier molecular flexibility index (Phi) is 3.78. The maximum Gasteiger partial charge on any atom is 0.0880 e. The predicted octanol–water partition coefficient (Wildman–Crippen LogP) is 6.06. The topological polar surface area (TPSA) is 12.0 Å². The minimum Gasteiger partial charge on any atom is -0.358 e. The van der Waals surface area contributed by atoms with Gasteiger partial charge in [-0.25, -0.2) is 0 Å². The lowest BCUT2D eigenvalue weighted by Gasteiger charge is -2.32. The number of rotatable bonds is 1. The van der Waals surface area contributed by atoms with Crippen LogP contribution in [0.4, 0.5) is 5.69 Å². The molecule has 1 nitrogen and oxygen atoms in total. The molecule has 1 atom stereocenters. The third kappa shape index (κ3) is 2.16. The van der Waals surface area contributed by atoms with Crippen molar-refractivity contribution >= 4 is 22.9 Å². The molecule has 2 aromatic carbocycles. The number of anilines is 1. The van der Waals surface area contributed by atoms with E-state index in [4.69, 9.17) is 11.6 Å². The van der Waals surface area contributed by atoms with Gasteiger partial charge in [-0.05, 0) is 62.4 Å². The van der Waals surface area contributed by atoms with Crippen molar-refractivity contribution in [2.75, 3.05) is 5.32 Å². The largest absolute Gasteiger partial charge is 0.358 e. The fraction of sp³-hybridized carbons (Fsp3) is 0.300. The third-order valence-electron chi connectivity index (χ3n) is 5.04. The van der Waals surface area contributed by atoms with Crippen molar-refractivity contribution in [3.8, 4) is 0 Å².